The van der Waals surface area contributed by atoms with Crippen LogP contribution in [-0.2, 0) is 4.74 Å². The molecule has 170 valence electrons. The number of ether oxygens (including phenoxy) is 1. The van der Waals surface area contributed by atoms with Gasteiger partial charge in [0.15, 0.2) is 11.4 Å². The number of hydrogen-bond donors (Lipinski definition) is 1. The third kappa shape index (κ3) is 4.81. The second-order valence-electron chi connectivity index (χ2n) is 7.87. The minimum Gasteiger partial charge on any atom is -0.545 e. The van der Waals surface area contributed by atoms with Gasteiger partial charge in [0.1, 0.15) is 0 Å². The molecule has 0 spiro atoms. The van der Waals surface area contributed by atoms with Crippen molar-refractivity contribution in [2.45, 2.75) is 12.0 Å². The number of pyridine rings is 1. The predicted molar refractivity (Wildman–Crippen MR) is 118 cm³/mol. The Kier molecular flexibility index (Phi) is 8.33. The van der Waals surface area contributed by atoms with Crippen LogP contribution in [0.15, 0.2) is 71.7 Å². The Morgan fingerprint density at radius 3 is 2.15 bits per heavy atom. The van der Waals surface area contributed by atoms with Crippen molar-refractivity contribution in [1.29, 1.82) is 0 Å². The van der Waals surface area contributed by atoms with Crippen molar-refractivity contribution in [3.05, 3.63) is 99.5 Å². The average Bonchev–Trinajstić information content (AvgIpc) is 2.83. The van der Waals surface area contributed by atoms with Crippen LogP contribution >= 0.6 is 0 Å². The van der Waals surface area contributed by atoms with Crippen molar-refractivity contribution < 1.29 is 54.1 Å². The summed E-state index contributed by atoms with van der Waals surface area (Å²) in [5.41, 5.74) is -0.200. The molecular formula is C25H23N2NaO6. The molecule has 0 aliphatic carbocycles. The molecule has 1 atom stereocenters. The van der Waals surface area contributed by atoms with E-state index in [9.17, 15) is 24.6 Å². The zero-order valence-electron chi connectivity index (χ0n) is 19.0. The van der Waals surface area contributed by atoms with Crippen LogP contribution in [0.3, 0.4) is 0 Å². The molecule has 1 amide bonds. The molecule has 1 N–H and O–H groups in total. The second-order valence-corrected chi connectivity index (χ2v) is 7.87. The van der Waals surface area contributed by atoms with Gasteiger partial charge in [-0.2, -0.15) is 0 Å². The van der Waals surface area contributed by atoms with Gasteiger partial charge in [0.2, 0.25) is 5.43 Å². The smallest absolute Gasteiger partial charge is 0.545 e. The summed E-state index contributed by atoms with van der Waals surface area (Å²) in [6.07, 6.45) is 1.11. The van der Waals surface area contributed by atoms with Gasteiger partial charge >= 0.3 is 29.6 Å². The number of carbonyl (C=O) groups is 2. The van der Waals surface area contributed by atoms with Crippen molar-refractivity contribution in [2.24, 2.45) is 0 Å². The van der Waals surface area contributed by atoms with E-state index in [0.29, 0.717) is 0 Å². The normalized spacial score (nSPS) is 15.1. The van der Waals surface area contributed by atoms with Gasteiger partial charge in [-0.25, -0.2) is 0 Å². The number of fused-ring (bicyclic) bond motifs is 1. The van der Waals surface area contributed by atoms with E-state index in [4.69, 9.17) is 4.74 Å². The molecule has 2 aromatic carbocycles. The van der Waals surface area contributed by atoms with Crippen LogP contribution in [0.25, 0.3) is 0 Å². The van der Waals surface area contributed by atoms with Crippen molar-refractivity contribution in [1.82, 2.24) is 9.47 Å². The molecule has 0 saturated heterocycles. The molecule has 0 bridgehead atoms. The number of amides is 1. The zero-order chi connectivity index (χ0) is 23.5. The second kappa shape index (κ2) is 11.0. The van der Waals surface area contributed by atoms with Gasteiger partial charge in [-0.15, -0.1) is 0 Å². The number of carbonyl (C=O) groups excluding carboxylic acids is 2. The molecule has 0 radical (unpaired) electrons. The molecular weight excluding hydrogens is 447 g/mol. The number of aromatic hydroxyl groups is 1. The molecule has 2 heterocycles. The van der Waals surface area contributed by atoms with Gasteiger partial charge in [0.25, 0.3) is 5.91 Å². The first-order valence-electron chi connectivity index (χ1n) is 10.5. The van der Waals surface area contributed by atoms with E-state index in [1.54, 1.807) is 0 Å². The average molecular weight is 470 g/mol. The van der Waals surface area contributed by atoms with E-state index in [2.05, 4.69) is 0 Å². The van der Waals surface area contributed by atoms with Crippen molar-refractivity contribution in [2.75, 3.05) is 26.8 Å². The minimum atomic E-state index is -1.71. The summed E-state index contributed by atoms with van der Waals surface area (Å²) in [7, 11) is 1.52. The predicted octanol–water partition coefficient (Wildman–Crippen LogP) is -1.60. The van der Waals surface area contributed by atoms with Crippen LogP contribution in [0.4, 0.5) is 0 Å². The van der Waals surface area contributed by atoms with Crippen LogP contribution in [-0.4, -0.2) is 53.3 Å². The largest absolute Gasteiger partial charge is 1.00 e. The zero-order valence-corrected chi connectivity index (χ0v) is 21.0. The Bertz CT molecular complexity index is 1190. The topological polar surface area (TPSA) is 112 Å². The van der Waals surface area contributed by atoms with Crippen LogP contribution < -0.4 is 40.1 Å². The molecule has 0 fully saturated rings. The van der Waals surface area contributed by atoms with E-state index in [1.165, 1.54) is 16.6 Å². The Hall–Kier alpha value is -2.91. The van der Waals surface area contributed by atoms with E-state index in [0.717, 1.165) is 17.3 Å². The first-order valence-corrected chi connectivity index (χ1v) is 10.5. The first-order chi connectivity index (χ1) is 15.9. The first kappa shape index (κ1) is 25.7. The summed E-state index contributed by atoms with van der Waals surface area (Å²) < 4.78 is 6.55. The van der Waals surface area contributed by atoms with Crippen molar-refractivity contribution >= 4 is 11.9 Å². The number of benzene rings is 2. The fraction of sp³-hybridized carbons (Fsp3) is 0.240. The van der Waals surface area contributed by atoms with Gasteiger partial charge < -0.3 is 29.2 Å². The number of aromatic nitrogens is 1. The van der Waals surface area contributed by atoms with E-state index < -0.39 is 34.7 Å². The van der Waals surface area contributed by atoms with Gasteiger partial charge in [-0.1, -0.05) is 60.7 Å². The third-order valence-electron chi connectivity index (χ3n) is 5.95. The summed E-state index contributed by atoms with van der Waals surface area (Å²) in [4.78, 5) is 38.8. The van der Waals surface area contributed by atoms with Crippen LogP contribution in [0, 0.1) is 0 Å². The minimum absolute atomic E-state index is 0. The quantitative estimate of drug-likeness (QED) is 0.416. The molecule has 3 aromatic rings. The molecule has 0 unspecified atom stereocenters. The monoisotopic (exact) mass is 470 g/mol. The van der Waals surface area contributed by atoms with E-state index in [-0.39, 0.29) is 60.9 Å². The molecule has 1 aliphatic rings. The molecule has 0 saturated carbocycles. The number of carboxylic acids is 1. The standard InChI is InChI=1S/C25H24N2O6.Na/c1-33-13-12-26-15-19(20(16-8-4-2-5-9-16)17-10-6-3-7-11-17)27-14-18(25(31)32)22(28)23(29)21(27)24(26)30;/h2-11,14,19-20,29H,12-13,15H2,1H3,(H,31,32);/q;+1/p-1/t19-;/m1./s1. The Labute approximate surface area is 218 Å². The van der Waals surface area contributed by atoms with E-state index >= 15 is 0 Å². The Balaban J connectivity index is 0.00000324. The fourth-order valence-electron chi connectivity index (χ4n) is 4.40. The third-order valence-corrected chi connectivity index (χ3v) is 5.95. The maximum Gasteiger partial charge on any atom is 1.00 e. The number of hydrogen-bond acceptors (Lipinski definition) is 6. The fourth-order valence-corrected chi connectivity index (χ4v) is 4.40. The molecule has 4 rings (SSSR count). The number of nitrogens with zero attached hydrogens (tertiary/aromatic N) is 2. The summed E-state index contributed by atoms with van der Waals surface area (Å²) in [5.74, 6) is -3.48. The summed E-state index contributed by atoms with van der Waals surface area (Å²) in [5, 5.41) is 22.2. The number of aromatic carboxylic acids is 1. The number of carboxylic acid groups (broad SMARTS) is 1. The van der Waals surface area contributed by atoms with Crippen molar-refractivity contribution in [3.8, 4) is 5.75 Å². The number of methoxy groups -OCH3 is 1. The molecule has 9 heteroatoms. The summed E-state index contributed by atoms with van der Waals surface area (Å²) in [6, 6.07) is 18.7. The number of rotatable bonds is 7. The summed E-state index contributed by atoms with van der Waals surface area (Å²) in [6.45, 7) is 0.734. The molecule has 8 nitrogen and oxygen atoms in total. The van der Waals surface area contributed by atoms with Gasteiger partial charge in [-0.3, -0.25) is 9.59 Å². The van der Waals surface area contributed by atoms with E-state index in [1.807, 2.05) is 60.7 Å². The van der Waals surface area contributed by atoms with Gasteiger partial charge in [-0.05, 0) is 11.1 Å². The Morgan fingerprint density at radius 2 is 1.65 bits per heavy atom. The molecule has 34 heavy (non-hydrogen) atoms. The maximum absolute atomic E-state index is 13.2. The van der Waals surface area contributed by atoms with Crippen LogP contribution in [0.2, 0.25) is 0 Å². The van der Waals surface area contributed by atoms with Gasteiger partial charge in [0, 0.05) is 32.3 Å². The molecule has 1 aliphatic heterocycles. The van der Waals surface area contributed by atoms with Gasteiger partial charge in [0.05, 0.1) is 24.2 Å². The van der Waals surface area contributed by atoms with Crippen LogP contribution in [0.5, 0.6) is 5.75 Å². The maximum atomic E-state index is 13.2. The summed E-state index contributed by atoms with van der Waals surface area (Å²) >= 11 is 0. The molecule has 1 aromatic heterocycles. The van der Waals surface area contributed by atoms with Crippen molar-refractivity contribution in [3.63, 3.8) is 0 Å². The SMILES string of the molecule is COCCN1C[C@H](C(c2ccccc2)c2ccccc2)n2cc(C(=O)[O-])c(=O)c(O)c2C1=O.[Na+]. The Morgan fingerprint density at radius 1 is 1.09 bits per heavy atom. The van der Waals surface area contributed by atoms with Crippen LogP contribution in [0.1, 0.15) is 43.9 Å².